The van der Waals surface area contributed by atoms with Crippen molar-refractivity contribution in [3.8, 4) is 0 Å². The summed E-state index contributed by atoms with van der Waals surface area (Å²) in [6.07, 6.45) is -5.00. The average Bonchev–Trinajstić information content (AvgIpc) is 1.99. The highest BCUT2D eigenvalue weighted by Crippen LogP contribution is 2.19. The molecule has 15 heavy (non-hydrogen) atoms. The Morgan fingerprint density at radius 2 is 1.93 bits per heavy atom. The number of carbonyl (C=O) groups is 1. The van der Waals surface area contributed by atoms with E-state index in [1.807, 2.05) is 0 Å². The molecule has 82 valence electrons. The van der Waals surface area contributed by atoms with E-state index in [-0.39, 0.29) is 10.4 Å². The highest BCUT2D eigenvalue weighted by Gasteiger charge is 2.39. The monoisotopic (exact) mass is 259 g/mol. The molecule has 0 bridgehead atoms. The minimum atomic E-state index is -5.00. The molecule has 0 aromatic carbocycles. The van der Waals surface area contributed by atoms with Gasteiger partial charge in [-0.15, -0.1) is 0 Å². The Morgan fingerprint density at radius 1 is 1.33 bits per heavy atom. The number of carbonyl (C=O) groups excluding carboxylic acids is 1. The van der Waals surface area contributed by atoms with E-state index in [0.29, 0.717) is 0 Å². The summed E-state index contributed by atoms with van der Waals surface area (Å²) in [5.41, 5.74) is 0. The van der Waals surface area contributed by atoms with Gasteiger partial charge in [-0.3, -0.25) is 4.79 Å². The van der Waals surface area contributed by atoms with Gasteiger partial charge in [0.05, 0.1) is 0 Å². The number of hydrogen-bond acceptors (Lipinski definition) is 3. The summed E-state index contributed by atoms with van der Waals surface area (Å²) in [6, 6.07) is 0.942. The number of halogens is 5. The molecule has 0 radical (unpaired) electrons. The molecule has 1 rings (SSSR count). The molecule has 1 heterocycles. The number of anilines is 1. The van der Waals surface area contributed by atoms with Crippen molar-refractivity contribution in [3.05, 3.63) is 16.5 Å². The Hall–Kier alpha value is -1.08. The Morgan fingerprint density at radius 3 is 2.40 bits per heavy atom. The van der Waals surface area contributed by atoms with Crippen molar-refractivity contribution < 1.29 is 18.0 Å². The first-order chi connectivity index (χ1) is 6.79. The summed E-state index contributed by atoms with van der Waals surface area (Å²) in [4.78, 5) is 17.2. The molecular formula is C6H2Cl2F3N3O. The number of aromatic nitrogens is 2. The molecule has 0 aliphatic carbocycles. The number of nitrogens with one attached hydrogen (secondary N) is 1. The van der Waals surface area contributed by atoms with Crippen molar-refractivity contribution in [2.45, 2.75) is 6.18 Å². The quantitative estimate of drug-likeness (QED) is 0.622. The zero-order chi connectivity index (χ0) is 11.6. The number of rotatable bonds is 1. The molecule has 0 unspecified atom stereocenters. The van der Waals surface area contributed by atoms with Crippen LogP contribution >= 0.6 is 23.2 Å². The van der Waals surface area contributed by atoms with Crippen LogP contribution in [0.3, 0.4) is 0 Å². The highest BCUT2D eigenvalue weighted by atomic mass is 35.5. The number of amides is 1. The van der Waals surface area contributed by atoms with Crippen LogP contribution in [0.2, 0.25) is 10.4 Å². The van der Waals surface area contributed by atoms with Crippen molar-refractivity contribution in [2.24, 2.45) is 0 Å². The van der Waals surface area contributed by atoms with Crippen LogP contribution < -0.4 is 5.32 Å². The lowest BCUT2D eigenvalue weighted by atomic mass is 10.5. The maximum atomic E-state index is 11.8. The van der Waals surface area contributed by atoms with E-state index in [9.17, 15) is 18.0 Å². The summed E-state index contributed by atoms with van der Waals surface area (Å²) in [6.45, 7) is 0. The van der Waals surface area contributed by atoms with Crippen LogP contribution in [0.1, 0.15) is 0 Å². The van der Waals surface area contributed by atoms with Crippen LogP contribution in [0, 0.1) is 0 Å². The minimum absolute atomic E-state index is 0.174. The van der Waals surface area contributed by atoms with Gasteiger partial charge in [0.15, 0.2) is 0 Å². The van der Waals surface area contributed by atoms with E-state index in [2.05, 4.69) is 9.97 Å². The van der Waals surface area contributed by atoms with Gasteiger partial charge in [0.1, 0.15) is 11.0 Å². The fourth-order valence-electron chi connectivity index (χ4n) is 0.641. The second-order valence-electron chi connectivity index (χ2n) is 2.30. The topological polar surface area (TPSA) is 54.9 Å². The molecule has 1 amide bonds. The smallest absolute Gasteiger partial charge is 0.303 e. The summed E-state index contributed by atoms with van der Waals surface area (Å²) in [5.74, 6) is -2.57. The summed E-state index contributed by atoms with van der Waals surface area (Å²) >= 11 is 10.7. The van der Waals surface area contributed by atoms with Crippen LogP contribution in [0.4, 0.5) is 19.0 Å². The van der Waals surface area contributed by atoms with Gasteiger partial charge in [-0.25, -0.2) is 9.97 Å². The molecule has 0 spiro atoms. The molecule has 9 heteroatoms. The fraction of sp³-hybridized carbons (Fsp3) is 0.167. The third-order valence-corrected chi connectivity index (χ3v) is 1.53. The largest absolute Gasteiger partial charge is 0.471 e. The zero-order valence-electron chi connectivity index (χ0n) is 6.77. The Labute approximate surface area is 91.4 Å². The lowest BCUT2D eigenvalue weighted by Gasteiger charge is -2.06. The van der Waals surface area contributed by atoms with Crippen LogP contribution in [-0.2, 0) is 4.79 Å². The van der Waals surface area contributed by atoms with Crippen molar-refractivity contribution in [1.82, 2.24) is 9.97 Å². The molecule has 0 fully saturated rings. The Kier molecular flexibility index (Phi) is 3.35. The predicted molar refractivity (Wildman–Crippen MR) is 46.7 cm³/mol. The zero-order valence-corrected chi connectivity index (χ0v) is 8.28. The van der Waals surface area contributed by atoms with E-state index < -0.39 is 17.9 Å². The molecule has 0 aliphatic rings. The van der Waals surface area contributed by atoms with Gasteiger partial charge in [0.25, 0.3) is 0 Å². The first-order valence-corrected chi connectivity index (χ1v) is 4.13. The Balaban J connectivity index is 2.86. The molecule has 1 aromatic heterocycles. The molecule has 0 aliphatic heterocycles. The van der Waals surface area contributed by atoms with Gasteiger partial charge in [-0.2, -0.15) is 13.2 Å². The van der Waals surface area contributed by atoms with Gasteiger partial charge >= 0.3 is 12.1 Å². The van der Waals surface area contributed by atoms with Crippen molar-refractivity contribution in [1.29, 1.82) is 0 Å². The average molecular weight is 260 g/mol. The van der Waals surface area contributed by atoms with Gasteiger partial charge in [0, 0.05) is 6.07 Å². The number of alkyl halides is 3. The number of hydrogen-bond donors (Lipinski definition) is 1. The van der Waals surface area contributed by atoms with Gasteiger partial charge in [0.2, 0.25) is 5.28 Å². The van der Waals surface area contributed by atoms with Crippen LogP contribution in [0.5, 0.6) is 0 Å². The van der Waals surface area contributed by atoms with Crippen molar-refractivity contribution in [2.75, 3.05) is 5.32 Å². The van der Waals surface area contributed by atoms with Crippen molar-refractivity contribution >= 4 is 34.9 Å². The maximum Gasteiger partial charge on any atom is 0.471 e. The lowest BCUT2D eigenvalue weighted by Crippen LogP contribution is -2.30. The summed E-state index contributed by atoms with van der Waals surface area (Å²) in [7, 11) is 0. The van der Waals surface area contributed by atoms with E-state index in [1.54, 1.807) is 0 Å². The first-order valence-electron chi connectivity index (χ1n) is 3.37. The SMILES string of the molecule is O=C(Nc1cc(Cl)nc(Cl)n1)C(F)(F)F. The van der Waals surface area contributed by atoms with E-state index in [4.69, 9.17) is 23.2 Å². The molecule has 1 aromatic rings. The normalized spacial score (nSPS) is 11.3. The van der Waals surface area contributed by atoms with Crippen LogP contribution in [-0.4, -0.2) is 22.1 Å². The molecule has 1 N–H and O–H groups in total. The van der Waals surface area contributed by atoms with Gasteiger partial charge in [-0.1, -0.05) is 11.6 Å². The van der Waals surface area contributed by atoms with E-state index in [1.165, 1.54) is 5.32 Å². The third-order valence-electron chi connectivity index (χ3n) is 1.17. The second kappa shape index (κ2) is 4.19. The van der Waals surface area contributed by atoms with E-state index >= 15 is 0 Å². The standard InChI is InChI=1S/C6H2Cl2F3N3O/c7-2-1-3(14-5(8)12-2)13-4(15)6(9,10)11/h1H,(H,12,13,14,15). The molecular weight excluding hydrogens is 258 g/mol. The highest BCUT2D eigenvalue weighted by molar-refractivity contribution is 6.32. The fourth-order valence-corrected chi connectivity index (χ4v) is 1.05. The third kappa shape index (κ3) is 3.52. The number of nitrogens with zero attached hydrogens (tertiary/aromatic N) is 2. The molecule has 0 saturated carbocycles. The molecule has 0 atom stereocenters. The predicted octanol–water partition coefficient (Wildman–Crippen LogP) is 2.28. The summed E-state index contributed by atoms with van der Waals surface area (Å²) in [5, 5.41) is 0.945. The first kappa shape index (κ1) is 12.0. The van der Waals surface area contributed by atoms with Crippen molar-refractivity contribution in [3.63, 3.8) is 0 Å². The molecule has 0 saturated heterocycles. The second-order valence-corrected chi connectivity index (χ2v) is 3.02. The lowest BCUT2D eigenvalue weighted by molar-refractivity contribution is -0.167. The Bertz CT molecular complexity index is 375. The van der Waals surface area contributed by atoms with Gasteiger partial charge < -0.3 is 5.32 Å². The van der Waals surface area contributed by atoms with E-state index in [0.717, 1.165) is 6.07 Å². The minimum Gasteiger partial charge on any atom is -0.303 e. The van der Waals surface area contributed by atoms with Crippen LogP contribution in [0.25, 0.3) is 0 Å². The maximum absolute atomic E-state index is 11.8. The van der Waals surface area contributed by atoms with Crippen LogP contribution in [0.15, 0.2) is 6.07 Å². The summed E-state index contributed by atoms with van der Waals surface area (Å²) < 4.78 is 35.4. The molecule has 4 nitrogen and oxygen atoms in total. The van der Waals surface area contributed by atoms with Gasteiger partial charge in [-0.05, 0) is 11.6 Å².